The van der Waals surface area contributed by atoms with Crippen LogP contribution in [0.4, 0.5) is 5.69 Å². The Morgan fingerprint density at radius 2 is 1.66 bits per heavy atom. The number of esters is 1. The highest BCUT2D eigenvalue weighted by Crippen LogP contribution is 2.17. The van der Waals surface area contributed by atoms with Crippen molar-refractivity contribution in [3.63, 3.8) is 0 Å². The minimum absolute atomic E-state index is 0.0735. The smallest absolute Gasteiger partial charge is 0.343 e. The van der Waals surface area contributed by atoms with Crippen LogP contribution in [0.1, 0.15) is 22.3 Å². The molecule has 2 aromatic rings. The van der Waals surface area contributed by atoms with Crippen LogP contribution < -0.4 is 16.2 Å². The average molecular weight is 398 g/mol. The fraction of sp³-hybridized carbons (Fsp3) is 0.200. The summed E-state index contributed by atoms with van der Waals surface area (Å²) in [4.78, 5) is 39.7. The number of nitrogens with two attached hydrogens (primary N) is 2. The molecule has 0 aromatic heterocycles. The summed E-state index contributed by atoms with van der Waals surface area (Å²) >= 11 is 0. The molecule has 0 aliphatic heterocycles. The van der Waals surface area contributed by atoms with Crippen molar-refractivity contribution in [3.05, 3.63) is 59.7 Å². The molecule has 2 aromatic carbocycles. The van der Waals surface area contributed by atoms with E-state index < -0.39 is 11.9 Å². The van der Waals surface area contributed by atoms with Gasteiger partial charge in [-0.1, -0.05) is 12.1 Å². The molecule has 0 atom stereocenters. The predicted molar refractivity (Wildman–Crippen MR) is 107 cm³/mol. The molecule has 0 bridgehead atoms. The lowest BCUT2D eigenvalue weighted by atomic mass is 10.1. The molecular formula is C20H22N4O5. The van der Waals surface area contributed by atoms with Crippen LogP contribution in [0.15, 0.2) is 53.5 Å². The summed E-state index contributed by atoms with van der Waals surface area (Å²) in [6.45, 7) is -0.333. The van der Waals surface area contributed by atoms with Gasteiger partial charge in [0.15, 0.2) is 5.96 Å². The number of benzene rings is 2. The summed E-state index contributed by atoms with van der Waals surface area (Å²) in [5.74, 6) is -1.55. The number of carboxylic acids is 1. The molecule has 5 N–H and O–H groups in total. The molecule has 9 heteroatoms. The van der Waals surface area contributed by atoms with E-state index in [0.717, 1.165) is 10.5 Å². The van der Waals surface area contributed by atoms with E-state index in [4.69, 9.17) is 21.3 Å². The summed E-state index contributed by atoms with van der Waals surface area (Å²) < 4.78 is 5.32. The number of aliphatic imine (C=N–C) groups is 1. The number of nitrogens with zero attached hydrogens (tertiary/aromatic N) is 2. The highest BCUT2D eigenvalue weighted by Gasteiger charge is 2.12. The molecule has 0 aliphatic rings. The van der Waals surface area contributed by atoms with Gasteiger partial charge >= 0.3 is 11.9 Å². The first-order valence-electron chi connectivity index (χ1n) is 8.71. The molecule has 152 valence electrons. The highest BCUT2D eigenvalue weighted by molar-refractivity contribution is 5.91. The molecule has 1 amide bonds. The lowest BCUT2D eigenvalue weighted by Gasteiger charge is -2.14. The number of aliphatic carboxylic acids is 1. The molecule has 0 unspecified atom stereocenters. The number of amides is 1. The van der Waals surface area contributed by atoms with Crippen LogP contribution in [0, 0.1) is 0 Å². The monoisotopic (exact) mass is 398 g/mol. The van der Waals surface area contributed by atoms with Crippen LogP contribution >= 0.6 is 0 Å². The number of carboxylic acid groups (broad SMARTS) is 1. The lowest BCUT2D eigenvalue weighted by molar-refractivity contribution is -0.143. The van der Waals surface area contributed by atoms with Crippen LogP contribution in [0.25, 0.3) is 0 Å². The van der Waals surface area contributed by atoms with Gasteiger partial charge in [0.2, 0.25) is 5.91 Å². The van der Waals surface area contributed by atoms with E-state index in [9.17, 15) is 14.4 Å². The SMILES string of the molecule is CN(CC(=O)O)C(=O)CCc1ccc(OC(=O)c2ccc(N=C(N)N)cc2)cc1. The molecular weight excluding hydrogens is 376 g/mol. The van der Waals surface area contributed by atoms with Gasteiger partial charge in [-0.15, -0.1) is 0 Å². The van der Waals surface area contributed by atoms with Gasteiger partial charge in [0.1, 0.15) is 12.3 Å². The number of carbonyl (C=O) groups excluding carboxylic acids is 2. The van der Waals surface area contributed by atoms with Crippen LogP contribution in [0.2, 0.25) is 0 Å². The number of guanidine groups is 1. The summed E-state index contributed by atoms with van der Waals surface area (Å²) in [6, 6.07) is 13.0. The maximum absolute atomic E-state index is 12.2. The Hall–Kier alpha value is -3.88. The van der Waals surface area contributed by atoms with Gasteiger partial charge in [0, 0.05) is 13.5 Å². The third-order valence-electron chi connectivity index (χ3n) is 3.92. The number of rotatable bonds is 8. The fourth-order valence-electron chi connectivity index (χ4n) is 2.44. The Morgan fingerprint density at radius 3 is 2.21 bits per heavy atom. The molecule has 0 heterocycles. The second-order valence-electron chi connectivity index (χ2n) is 6.26. The third kappa shape index (κ3) is 6.98. The van der Waals surface area contributed by atoms with Crippen molar-refractivity contribution < 1.29 is 24.2 Å². The molecule has 29 heavy (non-hydrogen) atoms. The molecule has 0 spiro atoms. The topological polar surface area (TPSA) is 148 Å². The first-order valence-corrected chi connectivity index (χ1v) is 8.71. The summed E-state index contributed by atoms with van der Waals surface area (Å²) in [5, 5.41) is 8.70. The van der Waals surface area contributed by atoms with E-state index >= 15 is 0 Å². The van der Waals surface area contributed by atoms with Crippen molar-refractivity contribution >= 4 is 29.5 Å². The van der Waals surface area contributed by atoms with E-state index in [1.807, 2.05) is 0 Å². The molecule has 0 radical (unpaired) electrons. The Bertz CT molecular complexity index is 903. The molecule has 0 aliphatic carbocycles. The number of likely N-dealkylation sites (N-methyl/N-ethyl adjacent to an activating group) is 1. The van der Waals surface area contributed by atoms with E-state index in [2.05, 4.69) is 4.99 Å². The Kier molecular flexibility index (Phi) is 7.30. The average Bonchev–Trinajstić information content (AvgIpc) is 2.66. The standard InChI is InChI=1S/C20H22N4O5/c1-24(12-18(26)27)17(25)11-4-13-2-9-16(10-3-13)29-19(28)14-5-7-15(8-6-14)23-20(21)22/h2-3,5-10H,4,11-12H2,1H3,(H,26,27)(H4,21,22,23). The van der Waals surface area contributed by atoms with Gasteiger partial charge in [0.25, 0.3) is 0 Å². The normalized spacial score (nSPS) is 10.1. The number of hydrogen-bond acceptors (Lipinski definition) is 5. The van der Waals surface area contributed by atoms with Gasteiger partial charge in [-0.05, 0) is 48.4 Å². The molecule has 0 saturated carbocycles. The molecule has 9 nitrogen and oxygen atoms in total. The molecule has 2 rings (SSSR count). The molecule has 0 fully saturated rings. The van der Waals surface area contributed by atoms with E-state index in [1.165, 1.54) is 7.05 Å². The zero-order valence-electron chi connectivity index (χ0n) is 15.9. The maximum atomic E-state index is 12.2. The second kappa shape index (κ2) is 9.88. The number of hydrogen-bond donors (Lipinski definition) is 3. The van der Waals surface area contributed by atoms with E-state index in [0.29, 0.717) is 23.4 Å². The van der Waals surface area contributed by atoms with Gasteiger partial charge in [-0.3, -0.25) is 9.59 Å². The third-order valence-corrected chi connectivity index (χ3v) is 3.92. The van der Waals surface area contributed by atoms with Crippen LogP contribution in [-0.4, -0.2) is 47.4 Å². The Morgan fingerprint density at radius 1 is 1.03 bits per heavy atom. The summed E-state index contributed by atoms with van der Waals surface area (Å²) in [6.07, 6.45) is 0.633. The van der Waals surface area contributed by atoms with Crippen LogP contribution in [0.3, 0.4) is 0 Å². The summed E-state index contributed by atoms with van der Waals surface area (Å²) in [7, 11) is 1.45. The van der Waals surface area contributed by atoms with Crippen molar-refractivity contribution in [3.8, 4) is 5.75 Å². The minimum atomic E-state index is -1.06. The largest absolute Gasteiger partial charge is 0.480 e. The first-order chi connectivity index (χ1) is 13.7. The zero-order valence-corrected chi connectivity index (χ0v) is 15.9. The highest BCUT2D eigenvalue weighted by atomic mass is 16.5. The molecule has 0 saturated heterocycles. The van der Waals surface area contributed by atoms with Crippen molar-refractivity contribution in [1.82, 2.24) is 4.90 Å². The van der Waals surface area contributed by atoms with Crippen molar-refractivity contribution in [2.24, 2.45) is 16.5 Å². The van der Waals surface area contributed by atoms with Gasteiger partial charge in [0.05, 0.1) is 11.3 Å². The first kappa shape index (κ1) is 21.4. The quantitative estimate of drug-likeness (QED) is 0.262. The van der Waals surface area contributed by atoms with Crippen molar-refractivity contribution in [2.45, 2.75) is 12.8 Å². The van der Waals surface area contributed by atoms with Gasteiger partial charge < -0.3 is 26.2 Å². The van der Waals surface area contributed by atoms with Gasteiger partial charge in [-0.25, -0.2) is 9.79 Å². The zero-order chi connectivity index (χ0) is 21.4. The van der Waals surface area contributed by atoms with Crippen LogP contribution in [-0.2, 0) is 16.0 Å². The van der Waals surface area contributed by atoms with Crippen LogP contribution in [0.5, 0.6) is 5.75 Å². The second-order valence-corrected chi connectivity index (χ2v) is 6.26. The van der Waals surface area contributed by atoms with Gasteiger partial charge in [-0.2, -0.15) is 0 Å². The summed E-state index contributed by atoms with van der Waals surface area (Å²) in [5.41, 5.74) is 12.3. The van der Waals surface area contributed by atoms with Crippen molar-refractivity contribution in [2.75, 3.05) is 13.6 Å². The number of carbonyl (C=O) groups is 3. The minimum Gasteiger partial charge on any atom is -0.480 e. The Balaban J connectivity index is 1.90. The number of aryl methyl sites for hydroxylation is 1. The predicted octanol–water partition coefficient (Wildman–Crippen LogP) is 1.29. The maximum Gasteiger partial charge on any atom is 0.343 e. The van der Waals surface area contributed by atoms with Crippen molar-refractivity contribution in [1.29, 1.82) is 0 Å². The van der Waals surface area contributed by atoms with E-state index in [1.54, 1.807) is 48.5 Å². The van der Waals surface area contributed by atoms with E-state index in [-0.39, 0.29) is 24.8 Å². The fourth-order valence-corrected chi connectivity index (χ4v) is 2.44. The number of ether oxygens (including phenoxy) is 1. The Labute approximate surface area is 167 Å². The lowest BCUT2D eigenvalue weighted by Crippen LogP contribution is -2.32.